The van der Waals surface area contributed by atoms with Crippen molar-refractivity contribution >= 4 is 5.91 Å². The average Bonchev–Trinajstić information content (AvgIpc) is 3.50. The number of carbonyl (C=O) groups is 1. The van der Waals surface area contributed by atoms with Gasteiger partial charge in [0.15, 0.2) is 11.5 Å². The van der Waals surface area contributed by atoms with Crippen molar-refractivity contribution in [3.05, 3.63) is 59.7 Å². The van der Waals surface area contributed by atoms with Gasteiger partial charge in [-0.15, -0.1) is 0 Å². The van der Waals surface area contributed by atoms with Gasteiger partial charge in [0.25, 0.3) is 5.91 Å². The summed E-state index contributed by atoms with van der Waals surface area (Å²) < 4.78 is 10.8. The molecule has 1 unspecified atom stereocenters. The molecule has 0 aliphatic heterocycles. The zero-order chi connectivity index (χ0) is 17.8. The molecule has 2 aromatic rings. The van der Waals surface area contributed by atoms with Crippen molar-refractivity contribution in [3.8, 4) is 11.5 Å². The van der Waals surface area contributed by atoms with Crippen molar-refractivity contribution in [2.75, 3.05) is 14.2 Å². The van der Waals surface area contributed by atoms with Gasteiger partial charge in [-0.2, -0.15) is 0 Å². The SMILES string of the molecule is COc1cccc(C(=O)N(Cc2ccccc2)C(C)C2CC2)c1OC. The monoisotopic (exact) mass is 339 g/mol. The smallest absolute Gasteiger partial charge is 0.258 e. The van der Waals surface area contributed by atoms with Gasteiger partial charge in [-0.1, -0.05) is 36.4 Å². The number of methoxy groups -OCH3 is 2. The van der Waals surface area contributed by atoms with E-state index in [9.17, 15) is 4.79 Å². The van der Waals surface area contributed by atoms with Gasteiger partial charge in [-0.3, -0.25) is 4.79 Å². The van der Waals surface area contributed by atoms with Gasteiger partial charge in [0.2, 0.25) is 0 Å². The second-order valence-electron chi connectivity index (χ2n) is 6.54. The number of rotatable bonds is 7. The molecular weight excluding hydrogens is 314 g/mol. The van der Waals surface area contributed by atoms with Crippen LogP contribution in [0.2, 0.25) is 0 Å². The molecule has 0 aromatic heterocycles. The highest BCUT2D eigenvalue weighted by molar-refractivity contribution is 5.98. The normalized spacial score (nSPS) is 14.7. The summed E-state index contributed by atoms with van der Waals surface area (Å²) in [6.45, 7) is 2.74. The quantitative estimate of drug-likeness (QED) is 0.761. The van der Waals surface area contributed by atoms with Crippen LogP contribution in [0.15, 0.2) is 48.5 Å². The zero-order valence-corrected chi connectivity index (χ0v) is 15.1. The second-order valence-corrected chi connectivity index (χ2v) is 6.54. The first-order valence-corrected chi connectivity index (χ1v) is 8.71. The molecule has 3 rings (SSSR count). The fourth-order valence-corrected chi connectivity index (χ4v) is 3.22. The van der Waals surface area contributed by atoms with Crippen LogP contribution in [0, 0.1) is 5.92 Å². The lowest BCUT2D eigenvalue weighted by Gasteiger charge is -2.30. The fourth-order valence-electron chi connectivity index (χ4n) is 3.22. The largest absolute Gasteiger partial charge is 0.493 e. The molecule has 0 radical (unpaired) electrons. The summed E-state index contributed by atoms with van der Waals surface area (Å²) in [5.41, 5.74) is 1.68. The molecule has 1 aliphatic rings. The second kappa shape index (κ2) is 7.60. The molecule has 0 bridgehead atoms. The number of ether oxygens (including phenoxy) is 2. The van der Waals surface area contributed by atoms with E-state index in [1.54, 1.807) is 20.3 Å². The lowest BCUT2D eigenvalue weighted by atomic mass is 10.1. The Bertz CT molecular complexity index is 725. The molecule has 1 aliphatic carbocycles. The molecule has 132 valence electrons. The molecule has 1 saturated carbocycles. The minimum Gasteiger partial charge on any atom is -0.493 e. The fraction of sp³-hybridized carbons (Fsp3) is 0.381. The topological polar surface area (TPSA) is 38.8 Å². The maximum Gasteiger partial charge on any atom is 0.258 e. The van der Waals surface area contributed by atoms with Gasteiger partial charge in [0.05, 0.1) is 19.8 Å². The molecule has 0 spiro atoms. The third-order valence-corrected chi connectivity index (χ3v) is 4.89. The average molecular weight is 339 g/mol. The highest BCUT2D eigenvalue weighted by atomic mass is 16.5. The zero-order valence-electron chi connectivity index (χ0n) is 15.1. The molecule has 1 atom stereocenters. The van der Waals surface area contributed by atoms with Crippen molar-refractivity contribution in [1.29, 1.82) is 0 Å². The van der Waals surface area contributed by atoms with E-state index >= 15 is 0 Å². The third kappa shape index (κ3) is 3.78. The first kappa shape index (κ1) is 17.3. The van der Waals surface area contributed by atoms with E-state index in [0.29, 0.717) is 29.5 Å². The van der Waals surface area contributed by atoms with Gasteiger partial charge >= 0.3 is 0 Å². The summed E-state index contributed by atoms with van der Waals surface area (Å²) in [5.74, 6) is 1.64. The van der Waals surface area contributed by atoms with Gasteiger partial charge in [0, 0.05) is 12.6 Å². The first-order chi connectivity index (χ1) is 12.2. The number of para-hydroxylation sites is 1. The summed E-state index contributed by atoms with van der Waals surface area (Å²) in [7, 11) is 3.15. The van der Waals surface area contributed by atoms with Crippen molar-refractivity contribution in [3.63, 3.8) is 0 Å². The molecule has 25 heavy (non-hydrogen) atoms. The molecule has 4 nitrogen and oxygen atoms in total. The molecule has 2 aromatic carbocycles. The van der Waals surface area contributed by atoms with Crippen molar-refractivity contribution < 1.29 is 14.3 Å². The van der Waals surface area contributed by atoms with Crippen LogP contribution in [0.3, 0.4) is 0 Å². The number of nitrogens with zero attached hydrogens (tertiary/aromatic N) is 1. The van der Waals surface area contributed by atoms with E-state index in [-0.39, 0.29) is 11.9 Å². The molecule has 1 fully saturated rings. The molecular formula is C21H25NO3. The van der Waals surface area contributed by atoms with E-state index < -0.39 is 0 Å². The summed E-state index contributed by atoms with van der Waals surface area (Å²) in [6.07, 6.45) is 2.38. The van der Waals surface area contributed by atoms with E-state index in [0.717, 1.165) is 5.56 Å². The number of benzene rings is 2. The van der Waals surface area contributed by atoms with Crippen molar-refractivity contribution in [2.24, 2.45) is 5.92 Å². The van der Waals surface area contributed by atoms with Crippen LogP contribution in [-0.2, 0) is 6.54 Å². The Kier molecular flexibility index (Phi) is 5.27. The highest BCUT2D eigenvalue weighted by Gasteiger charge is 2.35. The van der Waals surface area contributed by atoms with Crippen LogP contribution >= 0.6 is 0 Å². The number of carbonyl (C=O) groups excluding carboxylic acids is 1. The maximum absolute atomic E-state index is 13.4. The van der Waals surface area contributed by atoms with Crippen LogP contribution < -0.4 is 9.47 Å². The summed E-state index contributed by atoms with van der Waals surface area (Å²) in [6, 6.07) is 15.8. The van der Waals surface area contributed by atoms with Crippen molar-refractivity contribution in [1.82, 2.24) is 4.90 Å². The minimum absolute atomic E-state index is 0.0148. The Morgan fingerprint density at radius 3 is 2.40 bits per heavy atom. The Morgan fingerprint density at radius 2 is 1.80 bits per heavy atom. The van der Waals surface area contributed by atoms with E-state index in [2.05, 4.69) is 19.1 Å². The third-order valence-electron chi connectivity index (χ3n) is 4.89. The van der Waals surface area contributed by atoms with Crippen LogP contribution in [-0.4, -0.2) is 31.1 Å². The summed E-state index contributed by atoms with van der Waals surface area (Å²) in [4.78, 5) is 15.3. The molecule has 1 amide bonds. The summed E-state index contributed by atoms with van der Waals surface area (Å²) in [5, 5.41) is 0. The molecule has 0 saturated heterocycles. The number of hydrogen-bond acceptors (Lipinski definition) is 3. The first-order valence-electron chi connectivity index (χ1n) is 8.71. The van der Waals surface area contributed by atoms with Crippen LogP contribution in [0.4, 0.5) is 0 Å². The highest BCUT2D eigenvalue weighted by Crippen LogP contribution is 2.38. The van der Waals surface area contributed by atoms with Crippen LogP contribution in [0.25, 0.3) is 0 Å². The van der Waals surface area contributed by atoms with Gasteiger partial charge in [-0.05, 0) is 43.4 Å². The molecule has 0 heterocycles. The van der Waals surface area contributed by atoms with Gasteiger partial charge < -0.3 is 14.4 Å². The van der Waals surface area contributed by atoms with Crippen LogP contribution in [0.1, 0.15) is 35.7 Å². The number of amides is 1. The standard InChI is InChI=1S/C21H25NO3/c1-15(17-12-13-17)22(14-16-8-5-4-6-9-16)21(23)18-10-7-11-19(24-2)20(18)25-3/h4-11,15,17H,12-14H2,1-3H3. The summed E-state index contributed by atoms with van der Waals surface area (Å²) >= 11 is 0. The van der Waals surface area contributed by atoms with E-state index in [4.69, 9.17) is 9.47 Å². The van der Waals surface area contributed by atoms with Gasteiger partial charge in [-0.25, -0.2) is 0 Å². The molecule has 4 heteroatoms. The van der Waals surface area contributed by atoms with Gasteiger partial charge in [0.1, 0.15) is 0 Å². The van der Waals surface area contributed by atoms with E-state index in [1.807, 2.05) is 35.2 Å². The Balaban J connectivity index is 1.94. The predicted molar refractivity (Wildman–Crippen MR) is 98.0 cm³/mol. The van der Waals surface area contributed by atoms with E-state index in [1.165, 1.54) is 12.8 Å². The predicted octanol–water partition coefficient (Wildman–Crippen LogP) is 4.14. The lowest BCUT2D eigenvalue weighted by molar-refractivity contribution is 0.0650. The van der Waals surface area contributed by atoms with Crippen molar-refractivity contribution in [2.45, 2.75) is 32.4 Å². The molecule has 0 N–H and O–H groups in total. The minimum atomic E-state index is -0.0148. The number of hydrogen-bond donors (Lipinski definition) is 0. The lowest BCUT2D eigenvalue weighted by Crippen LogP contribution is -2.39. The Labute approximate surface area is 149 Å². The Hall–Kier alpha value is -2.49. The Morgan fingerprint density at radius 1 is 1.08 bits per heavy atom. The maximum atomic E-state index is 13.4. The van der Waals surface area contributed by atoms with Crippen LogP contribution in [0.5, 0.6) is 11.5 Å².